The van der Waals surface area contributed by atoms with Crippen LogP contribution in [0.1, 0.15) is 23.5 Å². The van der Waals surface area contributed by atoms with Gasteiger partial charge in [0.15, 0.2) is 0 Å². The molecule has 0 bridgehead atoms. The Morgan fingerprint density at radius 3 is 2.58 bits per heavy atom. The summed E-state index contributed by atoms with van der Waals surface area (Å²) in [5.41, 5.74) is 3.99. The van der Waals surface area contributed by atoms with Crippen LogP contribution in [0.4, 0.5) is 0 Å². The number of hydrogen-bond acceptors (Lipinski definition) is 5. The molecule has 2 aromatic rings. The van der Waals surface area contributed by atoms with Crippen molar-refractivity contribution < 1.29 is 9.53 Å². The molecule has 100 valence electrons. The summed E-state index contributed by atoms with van der Waals surface area (Å²) in [6, 6.07) is 4.05. The number of thiazole rings is 1. The lowest BCUT2D eigenvalue weighted by Gasteiger charge is -2.00. The number of pyridine rings is 1. The van der Waals surface area contributed by atoms with Gasteiger partial charge in [-0.1, -0.05) is 0 Å². The van der Waals surface area contributed by atoms with Gasteiger partial charge in [-0.05, 0) is 26.0 Å². The van der Waals surface area contributed by atoms with Gasteiger partial charge in [0.05, 0.1) is 19.2 Å². The monoisotopic (exact) mass is 276 g/mol. The summed E-state index contributed by atoms with van der Waals surface area (Å²) < 4.78 is 4.62. The number of carbonyl (C=O) groups excluding carboxylic acids is 1. The van der Waals surface area contributed by atoms with Crippen molar-refractivity contribution in [3.63, 3.8) is 0 Å². The summed E-state index contributed by atoms with van der Waals surface area (Å²) in [5.74, 6) is -0.204. The fourth-order valence-corrected chi connectivity index (χ4v) is 2.69. The second-order valence-corrected chi connectivity index (χ2v) is 5.22. The number of carbonyl (C=O) groups is 1. The van der Waals surface area contributed by atoms with E-state index in [0.29, 0.717) is 12.8 Å². The molecule has 0 amide bonds. The molecular formula is C14H16N2O2S. The number of nitrogens with zero attached hydrogens (tertiary/aromatic N) is 2. The van der Waals surface area contributed by atoms with Gasteiger partial charge in [-0.3, -0.25) is 9.78 Å². The molecule has 0 saturated carbocycles. The third-order valence-corrected chi connectivity index (χ3v) is 3.63. The minimum Gasteiger partial charge on any atom is -0.469 e. The number of esters is 1. The fourth-order valence-electron chi connectivity index (χ4n) is 1.84. The van der Waals surface area contributed by atoms with Gasteiger partial charge in [-0.25, -0.2) is 4.98 Å². The van der Waals surface area contributed by atoms with Crippen molar-refractivity contribution in [2.45, 2.75) is 26.7 Å². The van der Waals surface area contributed by atoms with E-state index in [1.54, 1.807) is 11.3 Å². The second-order valence-electron chi connectivity index (χ2n) is 4.36. The van der Waals surface area contributed by atoms with E-state index in [0.717, 1.165) is 27.7 Å². The maximum atomic E-state index is 11.1. The molecule has 0 atom stereocenters. The summed E-state index contributed by atoms with van der Waals surface area (Å²) in [7, 11) is 1.40. The Hall–Kier alpha value is -1.75. The van der Waals surface area contributed by atoms with Crippen LogP contribution < -0.4 is 0 Å². The molecule has 2 rings (SSSR count). The highest BCUT2D eigenvalue weighted by atomic mass is 32.1. The van der Waals surface area contributed by atoms with E-state index in [1.165, 1.54) is 7.11 Å². The van der Waals surface area contributed by atoms with Crippen molar-refractivity contribution in [2.24, 2.45) is 0 Å². The Balaban J connectivity index is 2.14. The van der Waals surface area contributed by atoms with Crippen LogP contribution in [0.5, 0.6) is 0 Å². The Morgan fingerprint density at radius 2 is 1.95 bits per heavy atom. The van der Waals surface area contributed by atoms with Crippen LogP contribution in [0.3, 0.4) is 0 Å². The summed E-state index contributed by atoms with van der Waals surface area (Å²) in [6.45, 7) is 3.95. The van der Waals surface area contributed by atoms with Crippen LogP contribution in [-0.2, 0) is 16.0 Å². The summed E-state index contributed by atoms with van der Waals surface area (Å²) >= 11 is 1.59. The first-order valence-corrected chi connectivity index (χ1v) is 6.93. The van der Waals surface area contributed by atoms with Gasteiger partial charge in [-0.15, -0.1) is 11.3 Å². The SMILES string of the molecule is COC(=O)CCc1csc(-c2cc(C)nc(C)c2)n1. The average Bonchev–Trinajstić information content (AvgIpc) is 2.83. The number of aryl methyl sites for hydroxylation is 3. The van der Waals surface area contributed by atoms with Gasteiger partial charge in [0.1, 0.15) is 5.01 Å². The first-order valence-electron chi connectivity index (χ1n) is 6.05. The van der Waals surface area contributed by atoms with Crippen molar-refractivity contribution in [3.05, 3.63) is 34.6 Å². The zero-order valence-corrected chi connectivity index (χ0v) is 12.1. The lowest BCUT2D eigenvalue weighted by molar-refractivity contribution is -0.140. The highest BCUT2D eigenvalue weighted by Gasteiger charge is 2.08. The molecule has 0 saturated heterocycles. The van der Waals surface area contributed by atoms with Gasteiger partial charge in [-0.2, -0.15) is 0 Å². The van der Waals surface area contributed by atoms with E-state index in [9.17, 15) is 4.79 Å². The zero-order valence-electron chi connectivity index (χ0n) is 11.3. The molecule has 0 N–H and O–H groups in total. The minimum absolute atomic E-state index is 0.204. The molecule has 0 aromatic carbocycles. The number of aromatic nitrogens is 2. The van der Waals surface area contributed by atoms with Gasteiger partial charge in [0.25, 0.3) is 0 Å². The number of ether oxygens (including phenoxy) is 1. The normalized spacial score (nSPS) is 10.5. The lowest BCUT2D eigenvalue weighted by Crippen LogP contribution is -2.01. The van der Waals surface area contributed by atoms with Crippen LogP contribution in [0.2, 0.25) is 0 Å². The molecule has 0 aliphatic rings. The average molecular weight is 276 g/mol. The fraction of sp³-hybridized carbons (Fsp3) is 0.357. The number of methoxy groups -OCH3 is 1. The molecular weight excluding hydrogens is 260 g/mol. The standard InChI is InChI=1S/C14H16N2O2S/c1-9-6-11(7-10(2)15-9)14-16-12(8-19-14)4-5-13(17)18-3/h6-8H,4-5H2,1-3H3. The first-order chi connectivity index (χ1) is 9.08. The molecule has 0 fully saturated rings. The predicted octanol–water partition coefficient (Wildman–Crippen LogP) is 2.93. The van der Waals surface area contributed by atoms with E-state index in [1.807, 2.05) is 31.4 Å². The molecule has 0 unspecified atom stereocenters. The van der Waals surface area contributed by atoms with Crippen LogP contribution in [0, 0.1) is 13.8 Å². The molecule has 0 radical (unpaired) electrons. The van der Waals surface area contributed by atoms with Crippen molar-refractivity contribution >= 4 is 17.3 Å². The largest absolute Gasteiger partial charge is 0.469 e. The molecule has 0 aliphatic carbocycles. The van der Waals surface area contributed by atoms with Crippen molar-refractivity contribution in [2.75, 3.05) is 7.11 Å². The Kier molecular flexibility index (Phi) is 4.27. The molecule has 2 heterocycles. The minimum atomic E-state index is -0.204. The Bertz CT molecular complexity index is 573. The maximum absolute atomic E-state index is 11.1. The third-order valence-electron chi connectivity index (χ3n) is 2.69. The molecule has 19 heavy (non-hydrogen) atoms. The summed E-state index contributed by atoms with van der Waals surface area (Å²) in [5, 5.41) is 2.96. The van der Waals surface area contributed by atoms with E-state index >= 15 is 0 Å². The molecule has 2 aromatic heterocycles. The smallest absolute Gasteiger partial charge is 0.305 e. The van der Waals surface area contributed by atoms with Crippen LogP contribution >= 0.6 is 11.3 Å². The van der Waals surface area contributed by atoms with Crippen molar-refractivity contribution in [1.29, 1.82) is 0 Å². The highest BCUT2D eigenvalue weighted by Crippen LogP contribution is 2.25. The van der Waals surface area contributed by atoms with Gasteiger partial charge in [0, 0.05) is 28.8 Å². The predicted molar refractivity (Wildman–Crippen MR) is 75.2 cm³/mol. The zero-order chi connectivity index (χ0) is 13.8. The van der Waals surface area contributed by atoms with Crippen LogP contribution in [-0.4, -0.2) is 23.0 Å². The highest BCUT2D eigenvalue weighted by molar-refractivity contribution is 7.13. The maximum Gasteiger partial charge on any atom is 0.305 e. The van der Waals surface area contributed by atoms with E-state index < -0.39 is 0 Å². The second kappa shape index (κ2) is 5.93. The lowest BCUT2D eigenvalue weighted by atomic mass is 10.2. The van der Waals surface area contributed by atoms with E-state index in [-0.39, 0.29) is 5.97 Å². The third kappa shape index (κ3) is 3.61. The summed E-state index contributed by atoms with van der Waals surface area (Å²) in [6.07, 6.45) is 0.986. The van der Waals surface area contributed by atoms with Crippen LogP contribution in [0.15, 0.2) is 17.5 Å². The molecule has 5 heteroatoms. The topological polar surface area (TPSA) is 52.1 Å². The number of hydrogen-bond donors (Lipinski definition) is 0. The summed E-state index contributed by atoms with van der Waals surface area (Å²) in [4.78, 5) is 20.0. The molecule has 4 nitrogen and oxygen atoms in total. The molecule has 0 spiro atoms. The van der Waals surface area contributed by atoms with Crippen LogP contribution in [0.25, 0.3) is 10.6 Å². The van der Waals surface area contributed by atoms with E-state index in [2.05, 4.69) is 14.7 Å². The molecule has 0 aliphatic heterocycles. The quantitative estimate of drug-likeness (QED) is 0.806. The Morgan fingerprint density at radius 1 is 1.26 bits per heavy atom. The Labute approximate surface area is 116 Å². The van der Waals surface area contributed by atoms with E-state index in [4.69, 9.17) is 0 Å². The first kappa shape index (κ1) is 13.7. The van der Waals surface area contributed by atoms with Gasteiger partial charge < -0.3 is 4.74 Å². The van der Waals surface area contributed by atoms with Crippen molar-refractivity contribution in [1.82, 2.24) is 9.97 Å². The number of rotatable bonds is 4. The van der Waals surface area contributed by atoms with Gasteiger partial charge >= 0.3 is 5.97 Å². The van der Waals surface area contributed by atoms with Gasteiger partial charge in [0.2, 0.25) is 0 Å². The van der Waals surface area contributed by atoms with Crippen molar-refractivity contribution in [3.8, 4) is 10.6 Å².